The molecule has 168 valence electrons. The Morgan fingerprint density at radius 3 is 2.88 bits per heavy atom. The molecular formula is C26H24N2O5. The maximum Gasteiger partial charge on any atom is 0.336 e. The highest BCUT2D eigenvalue weighted by molar-refractivity contribution is 6.04. The van der Waals surface area contributed by atoms with Gasteiger partial charge in [0.05, 0.1) is 34.9 Å². The Kier molecular flexibility index (Phi) is 3.54. The first-order chi connectivity index (χ1) is 15.9. The third kappa shape index (κ3) is 2.04. The summed E-state index contributed by atoms with van der Waals surface area (Å²) in [6.07, 6.45) is 1.03. The Morgan fingerprint density at radius 2 is 2.09 bits per heavy atom. The summed E-state index contributed by atoms with van der Waals surface area (Å²) >= 11 is 0. The van der Waals surface area contributed by atoms with Crippen LogP contribution in [0.4, 0.5) is 0 Å². The predicted octanol–water partition coefficient (Wildman–Crippen LogP) is 2.86. The van der Waals surface area contributed by atoms with Gasteiger partial charge in [0.25, 0.3) is 0 Å². The van der Waals surface area contributed by atoms with Gasteiger partial charge in [0, 0.05) is 23.4 Å². The van der Waals surface area contributed by atoms with E-state index in [1.165, 1.54) is 0 Å². The summed E-state index contributed by atoms with van der Waals surface area (Å²) in [4.78, 5) is 19.7. The first kappa shape index (κ1) is 19.3. The molecule has 2 aliphatic heterocycles. The first-order valence-corrected chi connectivity index (χ1v) is 11.3. The number of likely N-dealkylation sites (tertiary alicyclic amines) is 1. The summed E-state index contributed by atoms with van der Waals surface area (Å²) in [7, 11) is 3.66. The van der Waals surface area contributed by atoms with Crippen LogP contribution >= 0.6 is 0 Å². The van der Waals surface area contributed by atoms with E-state index in [0.29, 0.717) is 46.5 Å². The van der Waals surface area contributed by atoms with Crippen LogP contribution in [0, 0.1) is 0 Å². The van der Waals surface area contributed by atoms with Crippen LogP contribution in [0.15, 0.2) is 36.4 Å². The standard InChI is InChI=1S/C26H24N2O5/c1-28-10-9-25-20-13-7-8-17(32-2)22(20)33-23(25)21-15(12-26(25,31)18(28)11-13)19(24(29)30)14-5-3-4-6-16(14)27-21/h3-8,18,23,31H,9-12H2,1-2H3,(H,29,30)/t18?,23?,25-,26?/m0/s1. The molecule has 0 amide bonds. The van der Waals surface area contributed by atoms with E-state index in [-0.39, 0.29) is 18.0 Å². The maximum atomic E-state index is 12.6. The normalized spacial score (nSPS) is 31.0. The van der Waals surface area contributed by atoms with Crippen LogP contribution in [-0.2, 0) is 18.3 Å². The van der Waals surface area contributed by atoms with Gasteiger partial charge in [-0.25, -0.2) is 9.78 Å². The number of benzene rings is 2. The summed E-state index contributed by atoms with van der Waals surface area (Å²) < 4.78 is 12.3. The third-order valence-corrected chi connectivity index (χ3v) is 8.62. The Morgan fingerprint density at radius 1 is 1.27 bits per heavy atom. The van der Waals surface area contributed by atoms with Gasteiger partial charge in [0.1, 0.15) is 0 Å². The Bertz CT molecular complexity index is 1390. The second kappa shape index (κ2) is 6.04. The number of carbonyl (C=O) groups is 1. The highest BCUT2D eigenvalue weighted by atomic mass is 16.5. The zero-order valence-electron chi connectivity index (χ0n) is 18.5. The van der Waals surface area contributed by atoms with Crippen molar-refractivity contribution in [2.45, 2.75) is 42.4 Å². The average molecular weight is 444 g/mol. The van der Waals surface area contributed by atoms with Crippen molar-refractivity contribution in [1.82, 2.24) is 9.88 Å². The van der Waals surface area contributed by atoms with Crippen LogP contribution in [0.1, 0.15) is 45.3 Å². The van der Waals surface area contributed by atoms with E-state index < -0.39 is 23.1 Å². The fourth-order valence-electron chi connectivity index (χ4n) is 7.26. The number of para-hydroxylation sites is 1. The molecule has 33 heavy (non-hydrogen) atoms. The molecular weight excluding hydrogens is 420 g/mol. The smallest absolute Gasteiger partial charge is 0.336 e. The SMILES string of the molecule is COc1ccc2c3c1OC1c4nc5ccccc5c(C(=O)O)c4CC4(O)C(C2)N(C)CC[C@]314. The number of carboxylic acids is 1. The number of aromatic carboxylic acids is 1. The van der Waals surface area contributed by atoms with Gasteiger partial charge in [0.15, 0.2) is 17.6 Å². The molecule has 7 heteroatoms. The highest BCUT2D eigenvalue weighted by Crippen LogP contribution is 2.68. The van der Waals surface area contributed by atoms with Gasteiger partial charge in [-0.1, -0.05) is 24.3 Å². The Labute approximate surface area is 190 Å². The lowest BCUT2D eigenvalue weighted by Gasteiger charge is -2.62. The van der Waals surface area contributed by atoms with Gasteiger partial charge in [-0.05, 0) is 49.7 Å². The summed E-state index contributed by atoms with van der Waals surface area (Å²) in [5.41, 5.74) is 2.37. The minimum absolute atomic E-state index is 0.148. The number of nitrogens with zero attached hydrogens (tertiary/aromatic N) is 2. The molecule has 2 N–H and O–H groups in total. The number of rotatable bonds is 2. The van der Waals surface area contributed by atoms with E-state index in [1.54, 1.807) is 13.2 Å². The number of aromatic nitrogens is 1. The first-order valence-electron chi connectivity index (χ1n) is 11.3. The Hall–Kier alpha value is -3.16. The van der Waals surface area contributed by atoms with Crippen molar-refractivity contribution < 1.29 is 24.5 Å². The number of methoxy groups -OCH3 is 1. The molecule has 1 fully saturated rings. The molecule has 3 aromatic rings. The van der Waals surface area contributed by atoms with Crippen LogP contribution in [-0.4, -0.2) is 58.4 Å². The fraction of sp³-hybridized carbons (Fsp3) is 0.385. The lowest BCUT2D eigenvalue weighted by atomic mass is 9.48. The molecule has 3 unspecified atom stereocenters. The predicted molar refractivity (Wildman–Crippen MR) is 120 cm³/mol. The summed E-state index contributed by atoms with van der Waals surface area (Å²) in [6.45, 7) is 0.817. The van der Waals surface area contributed by atoms with E-state index in [0.717, 1.165) is 17.7 Å². The van der Waals surface area contributed by atoms with Gasteiger partial charge < -0.3 is 24.6 Å². The second-order valence-electron chi connectivity index (χ2n) is 9.82. The maximum absolute atomic E-state index is 12.6. The largest absolute Gasteiger partial charge is 0.493 e. The Balaban J connectivity index is 1.61. The van der Waals surface area contributed by atoms with Gasteiger partial charge in [-0.3, -0.25) is 0 Å². The number of hydrogen-bond donors (Lipinski definition) is 2. The minimum atomic E-state index is -1.18. The van der Waals surface area contributed by atoms with Gasteiger partial charge in [-0.15, -0.1) is 0 Å². The molecule has 2 aromatic carbocycles. The lowest BCUT2D eigenvalue weighted by molar-refractivity contribution is -0.168. The summed E-state index contributed by atoms with van der Waals surface area (Å²) in [5.74, 6) is 0.298. The van der Waals surface area contributed by atoms with Crippen LogP contribution < -0.4 is 9.47 Å². The van der Waals surface area contributed by atoms with Gasteiger partial charge in [-0.2, -0.15) is 0 Å². The zero-order chi connectivity index (χ0) is 22.7. The molecule has 2 bridgehead atoms. The van der Waals surface area contributed by atoms with Crippen molar-refractivity contribution in [1.29, 1.82) is 0 Å². The highest BCUT2D eigenvalue weighted by Gasteiger charge is 2.72. The fourth-order valence-corrected chi connectivity index (χ4v) is 7.26. The quantitative estimate of drug-likeness (QED) is 0.628. The number of hydrogen-bond acceptors (Lipinski definition) is 6. The number of piperidine rings is 1. The number of aliphatic hydroxyl groups is 1. The number of fused-ring (bicyclic) bond motifs is 3. The number of likely N-dealkylation sites (N-methyl/N-ethyl adjacent to an activating group) is 1. The molecule has 3 heterocycles. The number of carboxylic acid groups (broad SMARTS) is 1. The zero-order valence-corrected chi connectivity index (χ0v) is 18.5. The van der Waals surface area contributed by atoms with E-state index in [2.05, 4.69) is 11.0 Å². The molecule has 4 atom stereocenters. The van der Waals surface area contributed by atoms with Crippen molar-refractivity contribution in [2.75, 3.05) is 20.7 Å². The van der Waals surface area contributed by atoms with E-state index in [9.17, 15) is 15.0 Å². The molecule has 2 aliphatic carbocycles. The minimum Gasteiger partial charge on any atom is -0.493 e. The van der Waals surface area contributed by atoms with Crippen LogP contribution in [0.5, 0.6) is 11.5 Å². The molecule has 0 radical (unpaired) electrons. The van der Waals surface area contributed by atoms with Crippen molar-refractivity contribution in [3.63, 3.8) is 0 Å². The lowest BCUT2D eigenvalue weighted by Crippen LogP contribution is -2.74. The average Bonchev–Trinajstić information content (AvgIpc) is 3.15. The van der Waals surface area contributed by atoms with Crippen LogP contribution in [0.25, 0.3) is 10.9 Å². The topological polar surface area (TPSA) is 92.1 Å². The molecule has 1 aromatic heterocycles. The van der Waals surface area contributed by atoms with Crippen molar-refractivity contribution in [3.05, 3.63) is 64.3 Å². The van der Waals surface area contributed by atoms with Crippen LogP contribution in [0.2, 0.25) is 0 Å². The molecule has 1 saturated heterocycles. The van der Waals surface area contributed by atoms with Gasteiger partial charge in [0.2, 0.25) is 0 Å². The van der Waals surface area contributed by atoms with Crippen molar-refractivity contribution in [3.8, 4) is 11.5 Å². The van der Waals surface area contributed by atoms with E-state index >= 15 is 0 Å². The van der Waals surface area contributed by atoms with E-state index in [1.807, 2.05) is 31.3 Å². The third-order valence-electron chi connectivity index (χ3n) is 8.62. The van der Waals surface area contributed by atoms with Crippen molar-refractivity contribution >= 4 is 16.9 Å². The summed E-state index contributed by atoms with van der Waals surface area (Å²) in [5, 5.41) is 23.4. The monoisotopic (exact) mass is 444 g/mol. The molecule has 0 saturated carbocycles. The summed E-state index contributed by atoms with van der Waals surface area (Å²) in [6, 6.07) is 11.2. The van der Waals surface area contributed by atoms with E-state index in [4.69, 9.17) is 14.5 Å². The molecule has 1 spiro atoms. The van der Waals surface area contributed by atoms with Crippen LogP contribution in [0.3, 0.4) is 0 Å². The number of ether oxygens (including phenoxy) is 2. The molecule has 7 nitrogen and oxygen atoms in total. The molecule has 4 aliphatic rings. The second-order valence-corrected chi connectivity index (χ2v) is 9.82. The van der Waals surface area contributed by atoms with Crippen molar-refractivity contribution in [2.24, 2.45) is 0 Å². The molecule has 7 rings (SSSR count). The number of pyridine rings is 1. The van der Waals surface area contributed by atoms with Gasteiger partial charge >= 0.3 is 5.97 Å².